The summed E-state index contributed by atoms with van der Waals surface area (Å²) in [6.45, 7) is 0.197. The van der Waals surface area contributed by atoms with Gasteiger partial charge in [-0.15, -0.1) is 0 Å². The van der Waals surface area contributed by atoms with Crippen molar-refractivity contribution in [3.63, 3.8) is 0 Å². The first kappa shape index (κ1) is 14.5. The Kier molecular flexibility index (Phi) is 5.92. The first-order valence-corrected chi connectivity index (χ1v) is 5.86. The lowest BCUT2D eigenvalue weighted by molar-refractivity contribution is 0.322. The Balaban J connectivity index is 2.87. The summed E-state index contributed by atoms with van der Waals surface area (Å²) >= 11 is 22.7. The van der Waals surface area contributed by atoms with Crippen molar-refractivity contribution in [3.8, 4) is 5.75 Å². The fourth-order valence-electron chi connectivity index (χ4n) is 1.03. The first-order valence-electron chi connectivity index (χ1n) is 4.35. The summed E-state index contributed by atoms with van der Waals surface area (Å²) in [5.41, 5.74) is 0.411. The molecule has 3 nitrogen and oxygen atoms in total. The lowest BCUT2D eigenvalue weighted by Crippen LogP contribution is -1.95. The van der Waals surface area contributed by atoms with Crippen molar-refractivity contribution >= 4 is 52.6 Å². The topological polar surface area (TPSA) is 41.8 Å². The van der Waals surface area contributed by atoms with Crippen molar-refractivity contribution in [1.29, 1.82) is 0 Å². The zero-order valence-electron chi connectivity index (χ0n) is 8.33. The minimum absolute atomic E-state index is 0.117. The van der Waals surface area contributed by atoms with Gasteiger partial charge in [-0.2, -0.15) is 0 Å². The van der Waals surface area contributed by atoms with E-state index in [0.717, 1.165) is 6.21 Å². The van der Waals surface area contributed by atoms with E-state index in [1.807, 2.05) is 0 Å². The summed E-state index contributed by atoms with van der Waals surface area (Å²) in [4.78, 5) is 0. The average molecular weight is 315 g/mol. The van der Waals surface area contributed by atoms with E-state index >= 15 is 0 Å². The largest absolute Gasteiger partial charge is 0.489 e. The molecule has 0 heterocycles. The maximum atomic E-state index is 8.42. The van der Waals surface area contributed by atoms with Crippen LogP contribution in [0, 0.1) is 0 Å². The predicted molar refractivity (Wildman–Crippen MR) is 71.1 cm³/mol. The summed E-state index contributed by atoms with van der Waals surface area (Å²) in [7, 11) is 0. The van der Waals surface area contributed by atoms with Crippen LogP contribution in [-0.4, -0.2) is 18.0 Å². The molecule has 0 aliphatic rings. The molecule has 7 heteroatoms. The van der Waals surface area contributed by atoms with Gasteiger partial charge in [-0.1, -0.05) is 51.6 Å². The molecule has 1 rings (SSSR count). The van der Waals surface area contributed by atoms with Crippen LogP contribution in [-0.2, 0) is 0 Å². The van der Waals surface area contributed by atoms with Crippen LogP contribution in [0.3, 0.4) is 0 Å². The van der Waals surface area contributed by atoms with Crippen molar-refractivity contribution in [2.75, 3.05) is 6.61 Å². The van der Waals surface area contributed by atoms with Crippen LogP contribution < -0.4 is 4.74 Å². The number of nitrogens with zero attached hydrogens (tertiary/aromatic N) is 1. The standard InChI is InChI=1S/C10H7Cl4NO2/c11-8-3-6(17-2-1-10(13)14)4-9(12)7(8)5-15-16/h1,3-5,16H,2H2. The lowest BCUT2D eigenvalue weighted by Gasteiger charge is -2.07. The normalized spacial score (nSPS) is 10.6. The predicted octanol–water partition coefficient (Wildman–Crippen LogP) is 4.50. The van der Waals surface area contributed by atoms with Gasteiger partial charge < -0.3 is 9.94 Å². The van der Waals surface area contributed by atoms with Gasteiger partial charge in [0, 0.05) is 5.56 Å². The third-order valence-electron chi connectivity index (χ3n) is 1.73. The molecule has 92 valence electrons. The fourth-order valence-corrected chi connectivity index (χ4v) is 1.72. The second-order valence-electron chi connectivity index (χ2n) is 2.85. The molecule has 0 atom stereocenters. The Labute approximate surface area is 118 Å². The molecular weight excluding hydrogens is 308 g/mol. The van der Waals surface area contributed by atoms with E-state index < -0.39 is 0 Å². The van der Waals surface area contributed by atoms with Crippen molar-refractivity contribution in [2.24, 2.45) is 5.16 Å². The van der Waals surface area contributed by atoms with E-state index in [1.54, 1.807) is 12.1 Å². The minimum atomic E-state index is 0.117. The van der Waals surface area contributed by atoms with Crippen LogP contribution in [0.2, 0.25) is 10.0 Å². The van der Waals surface area contributed by atoms with E-state index in [4.69, 9.17) is 56.3 Å². The molecule has 1 N–H and O–H groups in total. The third kappa shape index (κ3) is 4.64. The van der Waals surface area contributed by atoms with Gasteiger partial charge in [0.2, 0.25) is 0 Å². The summed E-state index contributed by atoms with van der Waals surface area (Å²) in [6, 6.07) is 3.08. The average Bonchev–Trinajstić information content (AvgIpc) is 2.23. The van der Waals surface area contributed by atoms with Crippen LogP contribution in [0.15, 0.2) is 27.9 Å². The quantitative estimate of drug-likeness (QED) is 0.505. The summed E-state index contributed by atoms with van der Waals surface area (Å²) in [5, 5.41) is 11.9. The molecular formula is C10H7Cl4NO2. The van der Waals surface area contributed by atoms with Gasteiger partial charge in [0.15, 0.2) is 0 Å². The summed E-state index contributed by atoms with van der Waals surface area (Å²) < 4.78 is 5.41. The zero-order chi connectivity index (χ0) is 12.8. The highest BCUT2D eigenvalue weighted by atomic mass is 35.5. The highest BCUT2D eigenvalue weighted by molar-refractivity contribution is 6.55. The van der Waals surface area contributed by atoms with Gasteiger partial charge in [-0.3, -0.25) is 0 Å². The Morgan fingerprint density at radius 1 is 1.29 bits per heavy atom. The second kappa shape index (κ2) is 6.97. The lowest BCUT2D eigenvalue weighted by atomic mass is 10.2. The van der Waals surface area contributed by atoms with Crippen molar-refractivity contribution in [1.82, 2.24) is 0 Å². The number of rotatable bonds is 4. The molecule has 0 saturated heterocycles. The van der Waals surface area contributed by atoms with Crippen LogP contribution in [0.5, 0.6) is 5.75 Å². The smallest absolute Gasteiger partial charge is 0.122 e. The second-order valence-corrected chi connectivity index (χ2v) is 4.67. The van der Waals surface area contributed by atoms with E-state index in [1.165, 1.54) is 6.08 Å². The number of oxime groups is 1. The van der Waals surface area contributed by atoms with Gasteiger partial charge >= 0.3 is 0 Å². The van der Waals surface area contributed by atoms with Crippen molar-refractivity contribution < 1.29 is 9.94 Å². The zero-order valence-corrected chi connectivity index (χ0v) is 11.4. The first-order chi connectivity index (χ1) is 8.04. The third-order valence-corrected chi connectivity index (χ3v) is 2.66. The van der Waals surface area contributed by atoms with Crippen LogP contribution in [0.1, 0.15) is 5.56 Å². The summed E-state index contributed by atoms with van der Waals surface area (Å²) in [5.74, 6) is 0.459. The van der Waals surface area contributed by atoms with Crippen LogP contribution >= 0.6 is 46.4 Å². The highest BCUT2D eigenvalue weighted by Gasteiger charge is 2.07. The van der Waals surface area contributed by atoms with Crippen molar-refractivity contribution in [3.05, 3.63) is 38.3 Å². The Morgan fingerprint density at radius 3 is 2.35 bits per heavy atom. The van der Waals surface area contributed by atoms with E-state index in [2.05, 4.69) is 5.16 Å². The number of ether oxygens (including phenoxy) is 1. The molecule has 0 unspecified atom stereocenters. The molecule has 0 saturated carbocycles. The molecule has 0 aliphatic heterocycles. The molecule has 0 aliphatic carbocycles. The number of halogens is 4. The van der Waals surface area contributed by atoms with Gasteiger partial charge in [0.05, 0.1) is 16.3 Å². The Hall–Kier alpha value is -0.610. The number of hydrogen-bond donors (Lipinski definition) is 1. The molecule has 1 aromatic carbocycles. The van der Waals surface area contributed by atoms with Gasteiger partial charge in [-0.05, 0) is 18.2 Å². The summed E-state index contributed by atoms with van der Waals surface area (Å²) in [6.07, 6.45) is 2.62. The molecule has 0 amide bonds. The minimum Gasteiger partial charge on any atom is -0.489 e. The Bertz CT molecular complexity index is 433. The SMILES string of the molecule is ON=Cc1c(Cl)cc(OCC=C(Cl)Cl)cc1Cl. The molecule has 0 fully saturated rings. The number of benzene rings is 1. The molecule has 0 spiro atoms. The maximum Gasteiger partial charge on any atom is 0.122 e. The van der Waals surface area contributed by atoms with Crippen molar-refractivity contribution in [2.45, 2.75) is 0 Å². The van der Waals surface area contributed by atoms with Gasteiger partial charge in [-0.25, -0.2) is 0 Å². The maximum absolute atomic E-state index is 8.42. The number of hydrogen-bond acceptors (Lipinski definition) is 3. The molecule has 0 radical (unpaired) electrons. The fraction of sp³-hybridized carbons (Fsp3) is 0.100. The van der Waals surface area contributed by atoms with E-state index in [0.29, 0.717) is 21.4 Å². The molecule has 0 bridgehead atoms. The molecule has 0 aromatic heterocycles. The van der Waals surface area contributed by atoms with Crippen LogP contribution in [0.4, 0.5) is 0 Å². The van der Waals surface area contributed by atoms with E-state index in [-0.39, 0.29) is 11.1 Å². The van der Waals surface area contributed by atoms with E-state index in [9.17, 15) is 0 Å². The molecule has 1 aromatic rings. The van der Waals surface area contributed by atoms with Gasteiger partial charge in [0.25, 0.3) is 0 Å². The monoisotopic (exact) mass is 313 g/mol. The Morgan fingerprint density at radius 2 is 1.88 bits per heavy atom. The van der Waals surface area contributed by atoms with Gasteiger partial charge in [0.1, 0.15) is 16.8 Å². The molecule has 17 heavy (non-hydrogen) atoms. The van der Waals surface area contributed by atoms with Crippen LogP contribution in [0.25, 0.3) is 0 Å². The highest BCUT2D eigenvalue weighted by Crippen LogP contribution is 2.29.